The van der Waals surface area contributed by atoms with Gasteiger partial charge in [0.2, 0.25) is 6.41 Å². The first-order chi connectivity index (χ1) is 15.5. The van der Waals surface area contributed by atoms with Gasteiger partial charge in [0.1, 0.15) is 0 Å². The summed E-state index contributed by atoms with van der Waals surface area (Å²) in [5, 5.41) is 5.82. The maximum atomic E-state index is 10.2. The van der Waals surface area contributed by atoms with E-state index in [1.54, 1.807) is 0 Å². The fraction of sp³-hybridized carbons (Fsp3) is 0.250. The van der Waals surface area contributed by atoms with E-state index in [1.165, 1.54) is 24.0 Å². The van der Waals surface area contributed by atoms with Crippen LogP contribution in [0.4, 0.5) is 11.4 Å². The third-order valence-electron chi connectivity index (χ3n) is 4.60. The predicted molar refractivity (Wildman–Crippen MR) is 139 cm³/mol. The summed E-state index contributed by atoms with van der Waals surface area (Å²) in [4.78, 5) is 10.2. The molecule has 0 aliphatic rings. The van der Waals surface area contributed by atoms with Crippen molar-refractivity contribution in [1.29, 1.82) is 0 Å². The van der Waals surface area contributed by atoms with E-state index < -0.39 is 0 Å². The first-order valence-electron chi connectivity index (χ1n) is 11.2. The number of hydrogen-bond acceptors (Lipinski definition) is 3. The maximum absolute atomic E-state index is 10.2. The van der Waals surface area contributed by atoms with Gasteiger partial charge in [0.05, 0.1) is 11.4 Å². The van der Waals surface area contributed by atoms with E-state index in [0.717, 1.165) is 22.5 Å². The van der Waals surface area contributed by atoms with E-state index in [4.69, 9.17) is 5.73 Å². The summed E-state index contributed by atoms with van der Waals surface area (Å²) in [6.45, 7) is 12.9. The number of aryl methyl sites for hydroxylation is 2. The molecular formula is C28H37N3O. The van der Waals surface area contributed by atoms with Crippen molar-refractivity contribution in [3.8, 4) is 0 Å². The number of rotatable bonds is 8. The normalized spacial score (nSPS) is 9.38. The van der Waals surface area contributed by atoms with Crippen LogP contribution >= 0.6 is 0 Å². The second-order valence-corrected chi connectivity index (χ2v) is 7.12. The van der Waals surface area contributed by atoms with Crippen molar-refractivity contribution in [2.24, 2.45) is 0 Å². The number of nitrogens with one attached hydrogen (secondary N) is 2. The monoisotopic (exact) mass is 431 g/mol. The number of carbonyl (C=O) groups excluding carboxylic acids is 1. The molecule has 0 saturated carbocycles. The molecule has 0 radical (unpaired) electrons. The van der Waals surface area contributed by atoms with Crippen LogP contribution in [0.25, 0.3) is 5.70 Å². The van der Waals surface area contributed by atoms with E-state index in [0.29, 0.717) is 18.6 Å². The average molecular weight is 432 g/mol. The molecule has 170 valence electrons. The minimum absolute atomic E-state index is 0.523. The summed E-state index contributed by atoms with van der Waals surface area (Å²) in [7, 11) is 0. The fourth-order valence-corrected chi connectivity index (χ4v) is 2.87. The molecule has 0 saturated heterocycles. The quantitative estimate of drug-likeness (QED) is 0.279. The number of nitrogen functional groups attached to an aromatic ring is 1. The highest BCUT2D eigenvalue weighted by Crippen LogP contribution is 2.22. The van der Waals surface area contributed by atoms with Crippen LogP contribution in [0.1, 0.15) is 49.4 Å². The third-order valence-corrected chi connectivity index (χ3v) is 4.60. The number of benzene rings is 3. The number of amides is 1. The maximum Gasteiger partial charge on any atom is 0.207 e. The molecule has 0 atom stereocenters. The summed E-state index contributed by atoms with van der Waals surface area (Å²) in [5.41, 5.74) is 13.0. The Hall–Kier alpha value is -3.53. The van der Waals surface area contributed by atoms with Crippen LogP contribution in [0.2, 0.25) is 0 Å². The number of para-hydroxylation sites is 2. The number of nitrogens with two attached hydrogens (primary N) is 1. The Morgan fingerprint density at radius 1 is 0.938 bits per heavy atom. The molecule has 0 aromatic heterocycles. The van der Waals surface area contributed by atoms with E-state index in [1.807, 2.05) is 62.4 Å². The highest BCUT2D eigenvalue weighted by Gasteiger charge is 2.02. The van der Waals surface area contributed by atoms with Gasteiger partial charge < -0.3 is 16.4 Å². The topological polar surface area (TPSA) is 67.2 Å². The average Bonchev–Trinajstić information content (AvgIpc) is 2.83. The molecule has 0 aliphatic heterocycles. The van der Waals surface area contributed by atoms with Crippen molar-refractivity contribution in [2.45, 2.75) is 47.1 Å². The zero-order chi connectivity index (χ0) is 23.8. The van der Waals surface area contributed by atoms with Gasteiger partial charge in [0.25, 0.3) is 0 Å². The minimum atomic E-state index is 0.523. The van der Waals surface area contributed by atoms with Crippen molar-refractivity contribution in [1.82, 2.24) is 5.32 Å². The molecule has 3 aromatic rings. The van der Waals surface area contributed by atoms with E-state index in [2.05, 4.69) is 55.3 Å². The number of anilines is 2. The van der Waals surface area contributed by atoms with Gasteiger partial charge in [0.15, 0.2) is 0 Å². The van der Waals surface area contributed by atoms with Crippen molar-refractivity contribution < 1.29 is 4.79 Å². The molecule has 3 rings (SSSR count). The molecule has 4 nitrogen and oxygen atoms in total. The SMILES string of the molecule is C=C(Nc1ccccc1N)c1ccc(CNC=O)cc1.CC.CCCc1ccc(C)cc1. The van der Waals surface area contributed by atoms with Crippen LogP contribution in [-0.4, -0.2) is 6.41 Å². The Morgan fingerprint density at radius 3 is 2.09 bits per heavy atom. The zero-order valence-electron chi connectivity index (χ0n) is 19.8. The molecule has 32 heavy (non-hydrogen) atoms. The number of carbonyl (C=O) groups is 1. The van der Waals surface area contributed by atoms with E-state index in [9.17, 15) is 4.79 Å². The summed E-state index contributed by atoms with van der Waals surface area (Å²) >= 11 is 0. The van der Waals surface area contributed by atoms with Gasteiger partial charge in [0, 0.05) is 12.2 Å². The molecule has 1 amide bonds. The summed E-state index contributed by atoms with van der Waals surface area (Å²) in [6, 6.07) is 24.1. The molecular weight excluding hydrogens is 394 g/mol. The van der Waals surface area contributed by atoms with Crippen LogP contribution in [0.5, 0.6) is 0 Å². The predicted octanol–water partition coefficient (Wildman–Crippen LogP) is 6.57. The van der Waals surface area contributed by atoms with Crippen molar-refractivity contribution >= 4 is 23.5 Å². The van der Waals surface area contributed by atoms with Gasteiger partial charge in [-0.15, -0.1) is 0 Å². The Morgan fingerprint density at radius 2 is 1.53 bits per heavy atom. The molecule has 4 heteroatoms. The molecule has 0 bridgehead atoms. The molecule has 0 unspecified atom stereocenters. The Kier molecular flexibility index (Phi) is 12.7. The van der Waals surface area contributed by atoms with Crippen molar-refractivity contribution in [3.05, 3.63) is 102 Å². The summed E-state index contributed by atoms with van der Waals surface area (Å²) in [6.07, 6.45) is 3.13. The summed E-state index contributed by atoms with van der Waals surface area (Å²) < 4.78 is 0. The van der Waals surface area contributed by atoms with E-state index >= 15 is 0 Å². The van der Waals surface area contributed by atoms with Gasteiger partial charge in [-0.25, -0.2) is 0 Å². The lowest BCUT2D eigenvalue weighted by molar-refractivity contribution is -0.109. The Labute approximate surface area is 193 Å². The molecule has 0 aliphatic carbocycles. The van der Waals surface area contributed by atoms with Gasteiger partial charge >= 0.3 is 0 Å². The Balaban J connectivity index is 0.000000358. The highest BCUT2D eigenvalue weighted by molar-refractivity contribution is 5.80. The minimum Gasteiger partial charge on any atom is -0.397 e. The zero-order valence-corrected chi connectivity index (χ0v) is 19.8. The van der Waals surface area contributed by atoms with Crippen LogP contribution in [0, 0.1) is 6.92 Å². The van der Waals surface area contributed by atoms with Crippen LogP contribution in [-0.2, 0) is 17.8 Å². The molecule has 3 aromatic carbocycles. The Bertz CT molecular complexity index is 932. The first kappa shape index (κ1) is 26.5. The standard InChI is InChI=1S/C16H17N3O.C10H14.C2H6/c1-12(19-16-5-3-2-4-15(16)17)14-8-6-13(7-9-14)10-18-11-20;1-3-4-10-7-5-9(2)6-8-10;1-2/h2-9,11,19H,1,10,17H2,(H,18,20);5-8H,3-4H2,1-2H3;1-2H3. The molecule has 4 N–H and O–H groups in total. The van der Waals surface area contributed by atoms with Crippen LogP contribution < -0.4 is 16.4 Å². The van der Waals surface area contributed by atoms with Gasteiger partial charge in [-0.3, -0.25) is 4.79 Å². The van der Waals surface area contributed by atoms with Gasteiger partial charge in [-0.2, -0.15) is 0 Å². The lowest BCUT2D eigenvalue weighted by atomic mass is 10.1. The molecule has 0 heterocycles. The fourth-order valence-electron chi connectivity index (χ4n) is 2.87. The third kappa shape index (κ3) is 9.52. The first-order valence-corrected chi connectivity index (χ1v) is 11.2. The molecule has 0 fully saturated rings. The second kappa shape index (κ2) is 15.3. The second-order valence-electron chi connectivity index (χ2n) is 7.12. The smallest absolute Gasteiger partial charge is 0.207 e. The van der Waals surface area contributed by atoms with Gasteiger partial charge in [-0.05, 0) is 42.2 Å². The summed E-state index contributed by atoms with van der Waals surface area (Å²) in [5.74, 6) is 0. The van der Waals surface area contributed by atoms with Crippen molar-refractivity contribution in [2.75, 3.05) is 11.1 Å². The van der Waals surface area contributed by atoms with E-state index in [-0.39, 0.29) is 0 Å². The highest BCUT2D eigenvalue weighted by atomic mass is 16.1. The number of hydrogen-bond donors (Lipinski definition) is 3. The lowest BCUT2D eigenvalue weighted by Gasteiger charge is -2.12. The van der Waals surface area contributed by atoms with Gasteiger partial charge in [-0.1, -0.05) is 100.0 Å². The molecule has 0 spiro atoms. The largest absolute Gasteiger partial charge is 0.397 e. The van der Waals surface area contributed by atoms with Crippen molar-refractivity contribution in [3.63, 3.8) is 0 Å². The van der Waals surface area contributed by atoms with Crippen LogP contribution in [0.15, 0.2) is 79.4 Å². The van der Waals surface area contributed by atoms with Crippen LogP contribution in [0.3, 0.4) is 0 Å². The lowest BCUT2D eigenvalue weighted by Crippen LogP contribution is -2.09.